The molecule has 5 rings (SSSR count). The lowest BCUT2D eigenvalue weighted by atomic mass is 9.99. The maximum Gasteiger partial charge on any atom is 0.159 e. The molecule has 5 N–H and O–H groups in total. The van der Waals surface area contributed by atoms with Gasteiger partial charge in [-0.3, -0.25) is 31.2 Å². The zero-order valence-corrected chi connectivity index (χ0v) is 30.3. The Morgan fingerprint density at radius 2 is 1.77 bits per heavy atom. The lowest BCUT2D eigenvalue weighted by molar-refractivity contribution is -0.0680. The number of rotatable bonds is 12. The minimum atomic E-state index is -3.19. The van der Waals surface area contributed by atoms with Gasteiger partial charge in [0.1, 0.15) is 11.6 Å². The number of hydrogen-bond donors (Lipinski definition) is 5. The summed E-state index contributed by atoms with van der Waals surface area (Å²) in [5.41, 5.74) is 6.79. The normalized spacial score (nSPS) is 38.5. The second-order valence-electron chi connectivity index (χ2n) is 14.3. The fraction of sp³-hybridized carbons (Fsp3) is 1.00. The first kappa shape index (κ1) is 35.6. The summed E-state index contributed by atoms with van der Waals surface area (Å²) < 4.78 is 33.2. The molecule has 0 aromatic heterocycles. The second kappa shape index (κ2) is 15.7. The van der Waals surface area contributed by atoms with E-state index >= 15 is 0 Å². The van der Waals surface area contributed by atoms with Gasteiger partial charge in [0.15, 0.2) is 9.84 Å². The molecule has 14 heteroatoms. The summed E-state index contributed by atoms with van der Waals surface area (Å²) >= 11 is 3.81. The molecule has 256 valence electrons. The molecule has 1 aliphatic carbocycles. The Labute approximate surface area is 275 Å². The molecule has 44 heavy (non-hydrogen) atoms. The van der Waals surface area contributed by atoms with Crippen LogP contribution in [0.25, 0.3) is 0 Å². The smallest absolute Gasteiger partial charge is 0.159 e. The van der Waals surface area contributed by atoms with Gasteiger partial charge in [0, 0.05) is 62.9 Å². The number of likely N-dealkylation sites (N-methyl/N-ethyl adjacent to an activating group) is 1. The van der Waals surface area contributed by atoms with Crippen molar-refractivity contribution >= 4 is 33.4 Å². The van der Waals surface area contributed by atoms with Crippen LogP contribution in [0.4, 0.5) is 0 Å². The van der Waals surface area contributed by atoms with Crippen molar-refractivity contribution in [1.29, 1.82) is 0 Å². The van der Waals surface area contributed by atoms with Crippen LogP contribution in [0.1, 0.15) is 65.7 Å². The Hall–Kier alpha value is 0.290. The predicted molar refractivity (Wildman–Crippen MR) is 184 cm³/mol. The van der Waals surface area contributed by atoms with Crippen molar-refractivity contribution < 1.29 is 13.2 Å². The molecule has 5 aliphatic rings. The van der Waals surface area contributed by atoms with Crippen LogP contribution in [0.5, 0.6) is 0 Å². The van der Waals surface area contributed by atoms with Crippen molar-refractivity contribution in [3.05, 3.63) is 0 Å². The summed E-state index contributed by atoms with van der Waals surface area (Å²) in [5.74, 6) is 1.09. The molecule has 5 fully saturated rings. The molecule has 7 unspecified atom stereocenters. The summed E-state index contributed by atoms with van der Waals surface area (Å²) in [4.78, 5) is 7.39. The number of nitrogens with zero attached hydrogens (tertiary/aromatic N) is 3. The van der Waals surface area contributed by atoms with Crippen LogP contribution >= 0.6 is 23.5 Å². The fourth-order valence-corrected chi connectivity index (χ4v) is 13.2. The van der Waals surface area contributed by atoms with Gasteiger partial charge in [-0.05, 0) is 85.6 Å². The molecule has 0 bridgehead atoms. The van der Waals surface area contributed by atoms with Gasteiger partial charge >= 0.3 is 0 Å². The Morgan fingerprint density at radius 1 is 1.05 bits per heavy atom. The summed E-state index contributed by atoms with van der Waals surface area (Å²) in [5, 5.41) is 12.0. The SMILES string of the molecule is COC1C(NC2CC(C)NN2)NC(SC2CCC(S(=O)(=O)C(C)(C)C3CCCS3)CC2)NC1N1CCN(CCN(C)C)CC1. The molecule has 4 saturated heterocycles. The van der Waals surface area contributed by atoms with Crippen LogP contribution in [-0.4, -0.2) is 146 Å². The highest BCUT2D eigenvalue weighted by Crippen LogP contribution is 2.43. The van der Waals surface area contributed by atoms with Gasteiger partial charge in [-0.2, -0.15) is 11.8 Å². The number of thioether (sulfide) groups is 2. The third-order valence-electron chi connectivity index (χ3n) is 10.5. The summed E-state index contributed by atoms with van der Waals surface area (Å²) in [6.45, 7) is 12.5. The van der Waals surface area contributed by atoms with Gasteiger partial charge < -0.3 is 9.64 Å². The maximum atomic E-state index is 13.8. The Bertz CT molecular complexity index is 1000. The molecule has 7 atom stereocenters. The van der Waals surface area contributed by atoms with E-state index in [4.69, 9.17) is 4.74 Å². The quantitative estimate of drug-likeness (QED) is 0.205. The number of hydrazine groups is 1. The van der Waals surface area contributed by atoms with E-state index in [1.807, 2.05) is 44.5 Å². The summed E-state index contributed by atoms with van der Waals surface area (Å²) in [6.07, 6.45) is 6.74. The number of methoxy groups -OCH3 is 1. The fourth-order valence-electron chi connectivity index (χ4n) is 7.59. The molecular weight excluding hydrogens is 617 g/mol. The first-order chi connectivity index (χ1) is 21.0. The maximum absolute atomic E-state index is 13.8. The van der Waals surface area contributed by atoms with Gasteiger partial charge in [-0.25, -0.2) is 13.8 Å². The lowest BCUT2D eigenvalue weighted by Crippen LogP contribution is -2.75. The van der Waals surface area contributed by atoms with Crippen LogP contribution in [0.2, 0.25) is 0 Å². The number of piperazine rings is 1. The zero-order valence-electron chi connectivity index (χ0n) is 27.9. The van der Waals surface area contributed by atoms with E-state index in [9.17, 15) is 8.42 Å². The molecule has 0 aromatic carbocycles. The minimum absolute atomic E-state index is 0.0263. The van der Waals surface area contributed by atoms with Gasteiger partial charge in [0.05, 0.1) is 28.5 Å². The standard InChI is InChI=1S/C30H60N8O3S3/c1-21-20-25(35-34-21)31-27-26(41-6)28(38-17-15-37(16-18-38)14-13-36(4)5)33-29(32-27)43-22-9-11-23(12-10-22)44(39,40)30(2,3)24-8-7-19-42-24/h21-29,31-35H,7-20H2,1-6H3. The monoisotopic (exact) mass is 676 g/mol. The van der Waals surface area contributed by atoms with E-state index in [1.54, 1.807) is 0 Å². The van der Waals surface area contributed by atoms with E-state index in [-0.39, 0.29) is 40.6 Å². The van der Waals surface area contributed by atoms with Crippen molar-refractivity contribution in [2.75, 3.05) is 66.2 Å². The zero-order chi connectivity index (χ0) is 31.5. The lowest BCUT2D eigenvalue weighted by Gasteiger charge is -2.50. The largest absolute Gasteiger partial charge is 0.375 e. The molecule has 0 aromatic rings. The molecule has 4 heterocycles. The number of sulfone groups is 1. The van der Waals surface area contributed by atoms with Crippen molar-refractivity contribution in [2.24, 2.45) is 0 Å². The van der Waals surface area contributed by atoms with Crippen LogP contribution in [0.15, 0.2) is 0 Å². The molecule has 4 aliphatic heterocycles. The number of nitrogens with one attached hydrogen (secondary N) is 5. The summed E-state index contributed by atoms with van der Waals surface area (Å²) in [7, 11) is 2.92. The van der Waals surface area contributed by atoms with Crippen LogP contribution < -0.4 is 26.8 Å². The van der Waals surface area contributed by atoms with Crippen molar-refractivity contribution in [3.8, 4) is 0 Å². The van der Waals surface area contributed by atoms with E-state index in [0.717, 1.165) is 90.0 Å². The Morgan fingerprint density at radius 3 is 2.36 bits per heavy atom. The van der Waals surface area contributed by atoms with Crippen molar-refractivity contribution in [2.45, 2.75) is 122 Å². The summed E-state index contributed by atoms with van der Waals surface area (Å²) in [6, 6.07) is 0.412. The molecule has 1 saturated carbocycles. The average Bonchev–Trinajstić information content (AvgIpc) is 3.69. The van der Waals surface area contributed by atoms with Crippen LogP contribution in [0, 0.1) is 0 Å². The molecule has 11 nitrogen and oxygen atoms in total. The molecular formula is C30H60N8O3S3. The first-order valence-electron chi connectivity index (χ1n) is 16.9. The first-order valence-corrected chi connectivity index (χ1v) is 20.5. The highest BCUT2D eigenvalue weighted by molar-refractivity contribution is 8.02. The topological polar surface area (TPSA) is 113 Å². The van der Waals surface area contributed by atoms with Gasteiger partial charge in [-0.15, -0.1) is 11.8 Å². The molecule has 0 amide bonds. The second-order valence-corrected chi connectivity index (χ2v) is 19.9. The average molecular weight is 677 g/mol. The van der Waals surface area contributed by atoms with Gasteiger partial charge in [-0.1, -0.05) is 0 Å². The van der Waals surface area contributed by atoms with E-state index in [0.29, 0.717) is 11.3 Å². The highest BCUT2D eigenvalue weighted by Gasteiger charge is 2.48. The van der Waals surface area contributed by atoms with Crippen LogP contribution in [-0.2, 0) is 14.6 Å². The number of ether oxygens (including phenoxy) is 1. The van der Waals surface area contributed by atoms with Gasteiger partial charge in [0.2, 0.25) is 0 Å². The third-order valence-corrected chi connectivity index (χ3v) is 16.9. The van der Waals surface area contributed by atoms with Crippen molar-refractivity contribution in [3.63, 3.8) is 0 Å². The Balaban J connectivity index is 1.21. The van der Waals surface area contributed by atoms with E-state index in [1.165, 1.54) is 0 Å². The Kier molecular flexibility index (Phi) is 12.7. The van der Waals surface area contributed by atoms with Gasteiger partial charge in [0.25, 0.3) is 0 Å². The highest BCUT2D eigenvalue weighted by atomic mass is 32.2. The van der Waals surface area contributed by atoms with Crippen LogP contribution in [0.3, 0.4) is 0 Å². The molecule has 0 radical (unpaired) electrons. The van der Waals surface area contributed by atoms with Crippen molar-refractivity contribution in [1.82, 2.24) is 41.5 Å². The third kappa shape index (κ3) is 8.46. The predicted octanol–water partition coefficient (Wildman–Crippen LogP) is 1.24. The number of hydrogen-bond acceptors (Lipinski definition) is 13. The minimum Gasteiger partial charge on any atom is -0.375 e. The van der Waals surface area contributed by atoms with E-state index in [2.05, 4.69) is 62.5 Å². The van der Waals surface area contributed by atoms with E-state index < -0.39 is 14.6 Å². The molecule has 0 spiro atoms.